The van der Waals surface area contributed by atoms with Crippen molar-refractivity contribution in [3.05, 3.63) is 84.3 Å². The van der Waals surface area contributed by atoms with Crippen LogP contribution in [0.3, 0.4) is 0 Å². The van der Waals surface area contributed by atoms with Crippen LogP contribution in [0.2, 0.25) is 0 Å². The molecule has 0 fully saturated rings. The summed E-state index contributed by atoms with van der Waals surface area (Å²) in [6.07, 6.45) is 1.33. The van der Waals surface area contributed by atoms with E-state index in [9.17, 15) is 28.7 Å². The van der Waals surface area contributed by atoms with Gasteiger partial charge < -0.3 is 62.4 Å². The molecule has 0 bridgehead atoms. The molecule has 0 saturated heterocycles. The van der Waals surface area contributed by atoms with Crippen LogP contribution < -0.4 is 28.6 Å². The van der Waals surface area contributed by atoms with E-state index in [1.54, 1.807) is 24.3 Å². The number of allylic oxidation sites excluding steroid dienone is 2. The Morgan fingerprint density at radius 3 is 1.03 bits per heavy atom. The maximum atomic E-state index is 10.7. The molecule has 12 nitrogen and oxygen atoms in total. The third kappa shape index (κ3) is 14.0. The number of nitrogens with two attached hydrogens (primary N) is 4. The second kappa shape index (κ2) is 18.5. The second-order valence-electron chi connectivity index (χ2n) is 5.79. The van der Waals surface area contributed by atoms with Crippen molar-refractivity contribution >= 4 is 26.8 Å². The van der Waals surface area contributed by atoms with Crippen LogP contribution in [-0.4, -0.2) is 0 Å². The molecule has 2 aromatic carbocycles. The van der Waals surface area contributed by atoms with Gasteiger partial charge in [0.2, 0.25) is 0 Å². The molecule has 0 aliphatic carbocycles. The topological polar surface area (TPSA) is 279 Å². The first-order valence-corrected chi connectivity index (χ1v) is 11.3. The van der Waals surface area contributed by atoms with Gasteiger partial charge in [0.1, 0.15) is 27.1 Å². The molecule has 0 amide bonds. The van der Waals surface area contributed by atoms with Crippen molar-refractivity contribution in [2.24, 2.45) is 0 Å². The summed E-state index contributed by atoms with van der Waals surface area (Å²) in [4.78, 5) is 42.8. The number of benzene rings is 2. The van der Waals surface area contributed by atoms with E-state index < -0.39 is 15.6 Å². The van der Waals surface area contributed by atoms with Gasteiger partial charge in [-0.25, -0.2) is 0 Å². The van der Waals surface area contributed by atoms with Crippen LogP contribution in [-0.2, 0) is 51.3 Å². The summed E-state index contributed by atoms with van der Waals surface area (Å²) in [6, 6.07) is 12.2. The van der Waals surface area contributed by atoms with Crippen molar-refractivity contribution in [2.45, 2.75) is 26.7 Å². The number of hydrogen-bond donors (Lipinski definition) is 0. The van der Waals surface area contributed by atoms with Gasteiger partial charge in [-0.1, -0.05) is 38.1 Å². The van der Waals surface area contributed by atoms with Gasteiger partial charge in [-0.3, -0.25) is 0 Å². The molecular formula is C18H26N4O8P2Pt2. The van der Waals surface area contributed by atoms with Crippen molar-refractivity contribution in [1.82, 2.24) is 0 Å². The summed E-state index contributed by atoms with van der Waals surface area (Å²) in [5.41, 5.74) is 3.60. The van der Waals surface area contributed by atoms with Crippen LogP contribution >= 0.6 is 15.6 Å². The van der Waals surface area contributed by atoms with E-state index in [1.807, 2.05) is 13.8 Å². The molecule has 2 aromatic rings. The van der Waals surface area contributed by atoms with Crippen LogP contribution in [0, 0.1) is 0 Å². The van der Waals surface area contributed by atoms with Crippen LogP contribution in [0.25, 0.3) is 35.7 Å². The minimum atomic E-state index is -5.11. The Morgan fingerprint density at radius 2 is 0.853 bits per heavy atom. The SMILES string of the molecule is CC/C(=C(/CC)c1ccc(OP(=O)([O-])[O-])cc1)c1ccc(OP(=O)([O-])[O-])cc1.[NH2-].[NH2-].[NH2-].[NH2-].[Pt+4].[Pt+4]. The van der Waals surface area contributed by atoms with Crippen LogP contribution in [0.5, 0.6) is 11.5 Å². The van der Waals surface area contributed by atoms with Crippen molar-refractivity contribution in [2.75, 3.05) is 0 Å². The minimum absolute atomic E-state index is 0. The Kier molecular flexibility index (Phi) is 23.7. The van der Waals surface area contributed by atoms with Gasteiger partial charge in [-0.15, -0.1) is 0 Å². The number of rotatable bonds is 8. The van der Waals surface area contributed by atoms with Crippen LogP contribution in [0.4, 0.5) is 0 Å². The maximum Gasteiger partial charge on any atom is 4.00 e. The molecule has 0 atom stereocenters. The standard InChI is InChI=1S/C18H22O8P2.4H2N.2Pt/c1-3-17(13-5-9-15(10-6-13)25-27(19,20)21)18(4-2)14-7-11-16(12-8-14)26-28(22,23)24;;;;;;/h5-12H,3-4H2,1-2H3,(H2,19,20,21)(H2,22,23,24);4*1H2;;/q;4*-1;2*+4/p-4/b18-17+;;;;;;. The predicted octanol–water partition coefficient (Wildman–Crippen LogP) is 4.70. The Hall–Kier alpha value is -0.703. The largest absolute Gasteiger partial charge is 4.00 e. The smallest absolute Gasteiger partial charge is 0.780 e. The minimum Gasteiger partial charge on any atom is -0.780 e. The first kappa shape index (κ1) is 43.4. The van der Waals surface area contributed by atoms with Gasteiger partial charge >= 0.3 is 42.1 Å². The summed E-state index contributed by atoms with van der Waals surface area (Å²) >= 11 is 0. The zero-order chi connectivity index (χ0) is 20.9. The summed E-state index contributed by atoms with van der Waals surface area (Å²) in [5, 5.41) is 0. The van der Waals surface area contributed by atoms with Crippen molar-refractivity contribution in [3.8, 4) is 11.5 Å². The molecule has 0 aliphatic heterocycles. The van der Waals surface area contributed by atoms with E-state index in [0.29, 0.717) is 12.8 Å². The Labute approximate surface area is 228 Å². The molecule has 196 valence electrons. The van der Waals surface area contributed by atoms with Gasteiger partial charge in [0.05, 0.1) is 0 Å². The van der Waals surface area contributed by atoms with Gasteiger partial charge in [-0.2, -0.15) is 0 Å². The third-order valence-electron chi connectivity index (χ3n) is 3.91. The number of hydrogen-bond acceptors (Lipinski definition) is 8. The Balaban J connectivity index is -0.000000467. The van der Waals surface area contributed by atoms with Gasteiger partial charge in [0, 0.05) is 0 Å². The van der Waals surface area contributed by atoms with Crippen molar-refractivity contribution in [1.29, 1.82) is 0 Å². The molecule has 2 rings (SSSR count). The van der Waals surface area contributed by atoms with Crippen LogP contribution in [0.15, 0.2) is 48.5 Å². The summed E-state index contributed by atoms with van der Waals surface area (Å²) in [6.45, 7) is 3.92. The first-order chi connectivity index (χ1) is 13.0. The summed E-state index contributed by atoms with van der Waals surface area (Å²) in [7, 11) is -10.2. The monoisotopic (exact) mass is 878 g/mol. The van der Waals surface area contributed by atoms with E-state index >= 15 is 0 Å². The third-order valence-corrected chi connectivity index (χ3v) is 4.78. The predicted molar refractivity (Wildman–Crippen MR) is 118 cm³/mol. The molecule has 0 aromatic heterocycles. The van der Waals surface area contributed by atoms with E-state index in [1.165, 1.54) is 24.3 Å². The molecule has 0 spiro atoms. The Morgan fingerprint density at radius 1 is 0.618 bits per heavy atom. The van der Waals surface area contributed by atoms with Crippen molar-refractivity contribution < 1.29 is 79.9 Å². The van der Waals surface area contributed by atoms with E-state index in [4.69, 9.17) is 0 Å². The zero-order valence-electron chi connectivity index (χ0n) is 18.1. The average Bonchev–Trinajstić information content (AvgIpc) is 2.59. The molecule has 0 heterocycles. The van der Waals surface area contributed by atoms with Crippen LogP contribution in [0.1, 0.15) is 37.8 Å². The fourth-order valence-electron chi connectivity index (χ4n) is 2.88. The number of phosphoric ester groups is 2. The Bertz CT molecular complexity index is 874. The van der Waals surface area contributed by atoms with E-state index in [0.717, 1.165) is 22.3 Å². The van der Waals surface area contributed by atoms with Gasteiger partial charge in [0.15, 0.2) is 0 Å². The fourth-order valence-corrected chi connectivity index (χ4v) is 3.64. The molecule has 0 unspecified atom stereocenters. The normalized spacial score (nSPS) is 10.8. The molecule has 0 aliphatic rings. The quantitative estimate of drug-likeness (QED) is 0.264. The second-order valence-corrected chi connectivity index (χ2v) is 7.94. The summed E-state index contributed by atoms with van der Waals surface area (Å²) < 4.78 is 30.1. The molecule has 8 N–H and O–H groups in total. The van der Waals surface area contributed by atoms with E-state index in [2.05, 4.69) is 9.05 Å². The first-order valence-electron chi connectivity index (χ1n) is 8.38. The molecule has 16 heteroatoms. The molecule has 0 radical (unpaired) electrons. The maximum absolute atomic E-state index is 10.7. The van der Waals surface area contributed by atoms with Gasteiger partial charge in [0.25, 0.3) is 0 Å². The zero-order valence-corrected chi connectivity index (χ0v) is 24.5. The fraction of sp³-hybridized carbons (Fsp3) is 0.222. The molecular weight excluding hydrogens is 852 g/mol. The van der Waals surface area contributed by atoms with E-state index in [-0.39, 0.29) is 78.2 Å². The van der Waals surface area contributed by atoms with Gasteiger partial charge in [-0.05, 0) is 59.4 Å². The molecule has 0 saturated carbocycles. The van der Waals surface area contributed by atoms with Crippen molar-refractivity contribution in [3.63, 3.8) is 0 Å². The summed E-state index contributed by atoms with van der Waals surface area (Å²) in [5.74, 6) is -0.126. The number of phosphoric acid groups is 2. The average molecular weight is 879 g/mol. The molecule has 34 heavy (non-hydrogen) atoms.